The predicted octanol–water partition coefficient (Wildman–Crippen LogP) is 4.92. The minimum Gasteiger partial charge on any atom is -0.439 e. The van der Waals surface area contributed by atoms with E-state index in [1.54, 1.807) is 48.7 Å². The summed E-state index contributed by atoms with van der Waals surface area (Å²) in [6.45, 7) is 0. The van der Waals surface area contributed by atoms with Gasteiger partial charge in [0.25, 0.3) is 5.91 Å². The Kier molecular flexibility index (Phi) is 4.72. The number of ether oxygens (including phenoxy) is 1. The quantitative estimate of drug-likeness (QED) is 0.732. The van der Waals surface area contributed by atoms with Crippen LogP contribution in [0.3, 0.4) is 0 Å². The molecular formula is C18H12ClFN2O2. The molecule has 0 spiro atoms. The van der Waals surface area contributed by atoms with Crippen LogP contribution in [0.15, 0.2) is 66.9 Å². The van der Waals surface area contributed by atoms with E-state index in [4.69, 9.17) is 16.3 Å². The van der Waals surface area contributed by atoms with Gasteiger partial charge in [-0.3, -0.25) is 4.79 Å². The summed E-state index contributed by atoms with van der Waals surface area (Å²) in [5.74, 6) is -0.184. The minimum absolute atomic E-state index is 0.0560. The number of anilines is 1. The van der Waals surface area contributed by atoms with Crippen molar-refractivity contribution < 1.29 is 13.9 Å². The Hall–Kier alpha value is -2.92. The number of aromatic nitrogens is 1. The summed E-state index contributed by atoms with van der Waals surface area (Å²) in [6.07, 6.45) is 1.61. The summed E-state index contributed by atoms with van der Waals surface area (Å²) in [4.78, 5) is 16.3. The number of carbonyl (C=O) groups excluding carboxylic acids is 1. The van der Waals surface area contributed by atoms with Crippen LogP contribution in [-0.2, 0) is 0 Å². The van der Waals surface area contributed by atoms with Crippen LogP contribution in [0.2, 0.25) is 5.02 Å². The molecule has 0 unspecified atom stereocenters. The Bertz CT molecular complexity index is 872. The number of nitrogens with zero attached hydrogens (tertiary/aromatic N) is 1. The molecule has 0 saturated carbocycles. The first-order valence-corrected chi connectivity index (χ1v) is 7.45. The van der Waals surface area contributed by atoms with Crippen molar-refractivity contribution in [1.29, 1.82) is 0 Å². The second-order valence-electron chi connectivity index (χ2n) is 4.88. The summed E-state index contributed by atoms with van der Waals surface area (Å²) in [5.41, 5.74) is 0.387. The lowest BCUT2D eigenvalue weighted by atomic mass is 10.2. The molecule has 1 N–H and O–H groups in total. The number of halogens is 2. The van der Waals surface area contributed by atoms with E-state index in [1.165, 1.54) is 12.1 Å². The van der Waals surface area contributed by atoms with Gasteiger partial charge in [-0.15, -0.1) is 0 Å². The standard InChI is InChI=1S/C18H12ClFN2O2/c19-13-7-8-16(15(20)11-13)22-18(23)12-4-3-5-14(10-12)24-17-6-1-2-9-21-17/h1-11H,(H,22,23). The zero-order chi connectivity index (χ0) is 16.9. The van der Waals surface area contributed by atoms with E-state index < -0.39 is 11.7 Å². The maximum Gasteiger partial charge on any atom is 0.255 e. The van der Waals surface area contributed by atoms with Gasteiger partial charge in [0.15, 0.2) is 0 Å². The summed E-state index contributed by atoms with van der Waals surface area (Å²) >= 11 is 5.69. The molecule has 2 aromatic carbocycles. The van der Waals surface area contributed by atoms with Gasteiger partial charge in [-0.1, -0.05) is 23.7 Å². The normalized spacial score (nSPS) is 10.2. The van der Waals surface area contributed by atoms with E-state index in [2.05, 4.69) is 10.3 Å². The highest BCUT2D eigenvalue weighted by Gasteiger charge is 2.11. The molecule has 0 radical (unpaired) electrons. The molecule has 4 nitrogen and oxygen atoms in total. The van der Waals surface area contributed by atoms with Gasteiger partial charge in [-0.2, -0.15) is 0 Å². The molecule has 0 saturated heterocycles. The molecule has 120 valence electrons. The molecule has 0 aliphatic carbocycles. The molecule has 0 bridgehead atoms. The molecule has 1 aromatic heterocycles. The molecule has 0 atom stereocenters. The molecule has 24 heavy (non-hydrogen) atoms. The van der Waals surface area contributed by atoms with Gasteiger partial charge >= 0.3 is 0 Å². The van der Waals surface area contributed by atoms with Gasteiger partial charge < -0.3 is 10.1 Å². The highest BCUT2D eigenvalue weighted by molar-refractivity contribution is 6.30. The lowest BCUT2D eigenvalue weighted by Gasteiger charge is -2.09. The van der Waals surface area contributed by atoms with Crippen LogP contribution in [0.25, 0.3) is 0 Å². The third-order valence-electron chi connectivity index (χ3n) is 3.14. The largest absolute Gasteiger partial charge is 0.439 e. The number of nitrogens with one attached hydrogen (secondary N) is 1. The third-order valence-corrected chi connectivity index (χ3v) is 3.37. The van der Waals surface area contributed by atoms with Crippen molar-refractivity contribution >= 4 is 23.2 Å². The van der Waals surface area contributed by atoms with Gasteiger partial charge in [-0.25, -0.2) is 9.37 Å². The SMILES string of the molecule is O=C(Nc1ccc(Cl)cc1F)c1cccc(Oc2ccccn2)c1. The van der Waals surface area contributed by atoms with E-state index >= 15 is 0 Å². The van der Waals surface area contributed by atoms with Crippen molar-refractivity contribution in [2.24, 2.45) is 0 Å². The molecule has 0 fully saturated rings. The second kappa shape index (κ2) is 7.10. The van der Waals surface area contributed by atoms with E-state index in [0.29, 0.717) is 17.2 Å². The summed E-state index contributed by atoms with van der Waals surface area (Å²) in [5, 5.41) is 2.76. The molecule has 3 aromatic rings. The number of pyridine rings is 1. The Morgan fingerprint density at radius 2 is 1.96 bits per heavy atom. The van der Waals surface area contributed by atoms with Gasteiger partial charge in [-0.05, 0) is 42.5 Å². The fraction of sp³-hybridized carbons (Fsp3) is 0. The van der Waals surface area contributed by atoms with Crippen molar-refractivity contribution in [2.75, 3.05) is 5.32 Å². The van der Waals surface area contributed by atoms with Crippen molar-refractivity contribution in [3.05, 3.63) is 83.3 Å². The van der Waals surface area contributed by atoms with Crippen molar-refractivity contribution in [1.82, 2.24) is 4.98 Å². The average Bonchev–Trinajstić information content (AvgIpc) is 2.58. The van der Waals surface area contributed by atoms with Crippen LogP contribution >= 0.6 is 11.6 Å². The number of carbonyl (C=O) groups is 1. The van der Waals surface area contributed by atoms with E-state index in [9.17, 15) is 9.18 Å². The molecule has 0 aliphatic rings. The van der Waals surface area contributed by atoms with Crippen LogP contribution in [0.1, 0.15) is 10.4 Å². The van der Waals surface area contributed by atoms with Crippen molar-refractivity contribution in [3.8, 4) is 11.6 Å². The Labute approximate surface area is 142 Å². The predicted molar refractivity (Wildman–Crippen MR) is 90.1 cm³/mol. The average molecular weight is 343 g/mol. The summed E-state index contributed by atoms with van der Waals surface area (Å²) in [7, 11) is 0. The first kappa shape index (κ1) is 16.0. The molecule has 3 rings (SSSR count). The lowest BCUT2D eigenvalue weighted by Crippen LogP contribution is -2.13. The van der Waals surface area contributed by atoms with E-state index in [0.717, 1.165) is 6.07 Å². The van der Waals surface area contributed by atoms with Crippen LogP contribution in [0.4, 0.5) is 10.1 Å². The fourth-order valence-electron chi connectivity index (χ4n) is 2.01. The van der Waals surface area contributed by atoms with E-state index in [-0.39, 0.29) is 10.7 Å². The van der Waals surface area contributed by atoms with Crippen LogP contribution in [0, 0.1) is 5.82 Å². The number of amides is 1. The lowest BCUT2D eigenvalue weighted by molar-refractivity contribution is 0.102. The van der Waals surface area contributed by atoms with Gasteiger partial charge in [0.1, 0.15) is 11.6 Å². The first-order chi connectivity index (χ1) is 11.6. The topological polar surface area (TPSA) is 51.2 Å². The second-order valence-corrected chi connectivity index (χ2v) is 5.31. The number of rotatable bonds is 4. The highest BCUT2D eigenvalue weighted by atomic mass is 35.5. The van der Waals surface area contributed by atoms with E-state index in [1.807, 2.05) is 0 Å². The Morgan fingerprint density at radius 3 is 2.71 bits per heavy atom. The summed E-state index contributed by atoms with van der Waals surface area (Å²) in [6, 6.07) is 15.9. The molecular weight excluding hydrogens is 331 g/mol. The molecule has 1 heterocycles. The van der Waals surface area contributed by atoms with Crippen LogP contribution < -0.4 is 10.1 Å². The molecule has 6 heteroatoms. The van der Waals surface area contributed by atoms with Gasteiger partial charge in [0.05, 0.1) is 5.69 Å². The third kappa shape index (κ3) is 3.88. The number of hydrogen-bond donors (Lipinski definition) is 1. The van der Waals surface area contributed by atoms with Crippen molar-refractivity contribution in [2.45, 2.75) is 0 Å². The molecule has 0 aliphatic heterocycles. The van der Waals surface area contributed by atoms with Gasteiger partial charge in [0.2, 0.25) is 5.88 Å². The zero-order valence-electron chi connectivity index (χ0n) is 12.4. The maximum absolute atomic E-state index is 13.8. The van der Waals surface area contributed by atoms with Crippen molar-refractivity contribution in [3.63, 3.8) is 0 Å². The van der Waals surface area contributed by atoms with Gasteiger partial charge in [0, 0.05) is 22.8 Å². The van der Waals surface area contributed by atoms with Crippen LogP contribution in [0.5, 0.6) is 11.6 Å². The van der Waals surface area contributed by atoms with Crippen LogP contribution in [-0.4, -0.2) is 10.9 Å². The Morgan fingerprint density at radius 1 is 1.08 bits per heavy atom. The summed E-state index contributed by atoms with van der Waals surface area (Å²) < 4.78 is 19.3. The fourth-order valence-corrected chi connectivity index (χ4v) is 2.17. The first-order valence-electron chi connectivity index (χ1n) is 7.07. The Balaban J connectivity index is 1.77. The smallest absolute Gasteiger partial charge is 0.255 e. The zero-order valence-corrected chi connectivity index (χ0v) is 13.1. The maximum atomic E-state index is 13.8. The number of benzene rings is 2. The molecule has 1 amide bonds. The number of hydrogen-bond acceptors (Lipinski definition) is 3. The monoisotopic (exact) mass is 342 g/mol. The highest BCUT2D eigenvalue weighted by Crippen LogP contribution is 2.22. The minimum atomic E-state index is -0.600.